The minimum absolute atomic E-state index is 0.0696. The number of benzene rings is 2. The fourth-order valence-corrected chi connectivity index (χ4v) is 3.32. The first-order valence-electron chi connectivity index (χ1n) is 10.2. The van der Waals surface area contributed by atoms with Gasteiger partial charge in [0, 0.05) is 30.7 Å². The Kier molecular flexibility index (Phi) is 7.39. The second kappa shape index (κ2) is 10.4. The van der Waals surface area contributed by atoms with Crippen LogP contribution in [0.25, 0.3) is 11.3 Å². The van der Waals surface area contributed by atoms with Gasteiger partial charge in [0.15, 0.2) is 11.5 Å². The molecule has 3 aromatic rings. The number of carbonyl (C=O) groups is 1. The van der Waals surface area contributed by atoms with Gasteiger partial charge in [-0.1, -0.05) is 12.1 Å². The zero-order valence-corrected chi connectivity index (χ0v) is 18.5. The number of hydrogen-bond donors (Lipinski definition) is 1. The molecule has 2 aromatic carbocycles. The van der Waals surface area contributed by atoms with Gasteiger partial charge in [0.05, 0.1) is 24.8 Å². The summed E-state index contributed by atoms with van der Waals surface area (Å²) in [5.74, 6) is 0.738. The van der Waals surface area contributed by atoms with Crippen LogP contribution in [0.3, 0.4) is 0 Å². The van der Waals surface area contributed by atoms with E-state index in [1.807, 2.05) is 0 Å². The third-order valence-electron chi connectivity index (χ3n) is 5.03. The third-order valence-corrected chi connectivity index (χ3v) is 5.03. The van der Waals surface area contributed by atoms with Gasteiger partial charge in [-0.05, 0) is 43.2 Å². The van der Waals surface area contributed by atoms with E-state index >= 15 is 0 Å². The van der Waals surface area contributed by atoms with Gasteiger partial charge in [-0.25, -0.2) is 4.68 Å². The highest BCUT2D eigenvalue weighted by Gasteiger charge is 2.17. The zero-order chi connectivity index (χ0) is 24.0. The Bertz CT molecular complexity index is 1240. The van der Waals surface area contributed by atoms with Crippen molar-refractivity contribution in [2.24, 2.45) is 0 Å². The van der Waals surface area contributed by atoms with Crippen molar-refractivity contribution in [3.63, 3.8) is 0 Å². The Morgan fingerprint density at radius 2 is 1.88 bits per heavy atom. The lowest BCUT2D eigenvalue weighted by Crippen LogP contribution is -2.23. The van der Waals surface area contributed by atoms with Crippen molar-refractivity contribution >= 4 is 17.3 Å². The molecule has 0 unspecified atom stereocenters. The number of nitrogens with zero attached hydrogens (tertiary/aromatic N) is 3. The average Bonchev–Trinajstić information content (AvgIpc) is 2.81. The summed E-state index contributed by atoms with van der Waals surface area (Å²) in [5.41, 5.74) is 1.62. The number of para-hydroxylation sites is 1. The molecule has 0 radical (unpaired) electrons. The average molecular weight is 452 g/mol. The van der Waals surface area contributed by atoms with Crippen molar-refractivity contribution < 1.29 is 19.2 Å². The van der Waals surface area contributed by atoms with Gasteiger partial charge in [0.25, 0.3) is 11.2 Å². The molecule has 10 nitrogen and oxygen atoms in total. The summed E-state index contributed by atoms with van der Waals surface area (Å²) in [4.78, 5) is 35.3. The van der Waals surface area contributed by atoms with Crippen LogP contribution in [0.2, 0.25) is 0 Å². The van der Waals surface area contributed by atoms with E-state index in [0.717, 1.165) is 5.56 Å². The lowest BCUT2D eigenvalue weighted by Gasteiger charge is -2.11. The van der Waals surface area contributed by atoms with Crippen LogP contribution in [0.4, 0.5) is 11.4 Å². The van der Waals surface area contributed by atoms with Crippen molar-refractivity contribution in [3.05, 3.63) is 74.6 Å². The van der Waals surface area contributed by atoms with Crippen LogP contribution in [0.5, 0.6) is 11.5 Å². The molecule has 0 aliphatic heterocycles. The van der Waals surface area contributed by atoms with E-state index in [-0.39, 0.29) is 35.8 Å². The van der Waals surface area contributed by atoms with Gasteiger partial charge in [-0.3, -0.25) is 19.7 Å². The summed E-state index contributed by atoms with van der Waals surface area (Å²) in [7, 11) is 3.08. The molecule has 10 heteroatoms. The summed E-state index contributed by atoms with van der Waals surface area (Å²) in [6.45, 7) is 1.90. The third kappa shape index (κ3) is 5.53. The predicted molar refractivity (Wildman–Crippen MR) is 123 cm³/mol. The van der Waals surface area contributed by atoms with Crippen molar-refractivity contribution in [2.75, 3.05) is 19.5 Å². The maximum Gasteiger partial charge on any atom is 0.293 e. The molecule has 0 fully saturated rings. The Balaban J connectivity index is 1.69. The molecule has 33 heavy (non-hydrogen) atoms. The number of aromatic nitrogens is 2. The van der Waals surface area contributed by atoms with Gasteiger partial charge in [-0.15, -0.1) is 0 Å². The number of rotatable bonds is 9. The van der Waals surface area contributed by atoms with Crippen LogP contribution in [0.1, 0.15) is 18.4 Å². The fraction of sp³-hybridized carbons (Fsp3) is 0.261. The number of amides is 1. The monoisotopic (exact) mass is 452 g/mol. The van der Waals surface area contributed by atoms with E-state index in [1.54, 1.807) is 50.4 Å². The Hall–Kier alpha value is -4.21. The maximum absolute atomic E-state index is 12.4. The van der Waals surface area contributed by atoms with Gasteiger partial charge in [0.2, 0.25) is 5.91 Å². The molecule has 1 amide bonds. The summed E-state index contributed by atoms with van der Waals surface area (Å²) in [5, 5.41) is 18.2. The van der Waals surface area contributed by atoms with Crippen LogP contribution < -0.4 is 20.3 Å². The number of hydrogen-bond acceptors (Lipinski definition) is 7. The molecule has 172 valence electrons. The summed E-state index contributed by atoms with van der Waals surface area (Å²) in [6, 6.07) is 12.9. The minimum Gasteiger partial charge on any atom is -0.493 e. The standard InChI is InChI=1S/C23H24N4O6/c1-15-6-4-7-18(27(30)31)23(15)24-21(28)8-5-13-26-22(29)12-10-17(25-26)16-9-11-19(32-2)20(14-16)33-3/h4,6-7,9-12,14H,5,8,13H2,1-3H3,(H,24,28). The quantitative estimate of drug-likeness (QED) is 0.389. The second-order valence-electron chi connectivity index (χ2n) is 7.23. The first kappa shape index (κ1) is 23.5. The molecule has 0 aliphatic carbocycles. The van der Waals surface area contributed by atoms with E-state index in [4.69, 9.17) is 9.47 Å². The SMILES string of the molecule is COc1ccc(-c2ccc(=O)n(CCCC(=O)Nc3c(C)cccc3[N+](=O)[O-])n2)cc1OC. The largest absolute Gasteiger partial charge is 0.493 e. The first-order chi connectivity index (χ1) is 15.8. The van der Waals surface area contributed by atoms with Crippen LogP contribution >= 0.6 is 0 Å². The summed E-state index contributed by atoms with van der Waals surface area (Å²) >= 11 is 0. The van der Waals surface area contributed by atoms with E-state index in [2.05, 4.69) is 10.4 Å². The smallest absolute Gasteiger partial charge is 0.293 e. The molecule has 0 saturated heterocycles. The fourth-order valence-electron chi connectivity index (χ4n) is 3.32. The van der Waals surface area contributed by atoms with Crippen LogP contribution in [-0.2, 0) is 11.3 Å². The number of nitro benzene ring substituents is 1. The first-order valence-corrected chi connectivity index (χ1v) is 10.2. The van der Waals surface area contributed by atoms with Crippen molar-refractivity contribution in [1.82, 2.24) is 9.78 Å². The Morgan fingerprint density at radius 3 is 2.58 bits per heavy atom. The van der Waals surface area contributed by atoms with Crippen molar-refractivity contribution in [1.29, 1.82) is 0 Å². The van der Waals surface area contributed by atoms with Crippen LogP contribution in [-0.4, -0.2) is 34.8 Å². The number of nitrogens with one attached hydrogen (secondary N) is 1. The molecule has 0 spiro atoms. The van der Waals surface area contributed by atoms with Gasteiger partial charge >= 0.3 is 0 Å². The lowest BCUT2D eigenvalue weighted by molar-refractivity contribution is -0.384. The lowest BCUT2D eigenvalue weighted by atomic mass is 10.1. The van der Waals surface area contributed by atoms with Crippen LogP contribution in [0, 0.1) is 17.0 Å². The zero-order valence-electron chi connectivity index (χ0n) is 18.5. The van der Waals surface area contributed by atoms with E-state index < -0.39 is 4.92 Å². The predicted octanol–water partition coefficient (Wildman–Crippen LogP) is 3.56. The van der Waals surface area contributed by atoms with Crippen LogP contribution in [0.15, 0.2) is 53.3 Å². The topological polar surface area (TPSA) is 126 Å². The molecular formula is C23H24N4O6. The number of aryl methyl sites for hydroxylation is 2. The normalized spacial score (nSPS) is 10.5. The highest BCUT2D eigenvalue weighted by molar-refractivity contribution is 5.94. The van der Waals surface area contributed by atoms with E-state index in [9.17, 15) is 19.7 Å². The number of nitro groups is 1. The molecule has 1 heterocycles. The molecule has 0 bridgehead atoms. The Labute approximate surface area is 189 Å². The molecule has 1 aromatic heterocycles. The molecule has 0 atom stereocenters. The molecule has 3 rings (SSSR count). The maximum atomic E-state index is 12.4. The van der Waals surface area contributed by atoms with Crippen molar-refractivity contribution in [3.8, 4) is 22.8 Å². The van der Waals surface area contributed by atoms with Gasteiger partial charge in [0.1, 0.15) is 5.69 Å². The van der Waals surface area contributed by atoms with E-state index in [0.29, 0.717) is 29.2 Å². The molecular weight excluding hydrogens is 428 g/mol. The molecule has 1 N–H and O–H groups in total. The number of carbonyl (C=O) groups excluding carboxylic acids is 1. The highest BCUT2D eigenvalue weighted by Crippen LogP contribution is 2.31. The summed E-state index contributed by atoms with van der Waals surface area (Å²) < 4.78 is 11.8. The second-order valence-corrected chi connectivity index (χ2v) is 7.23. The summed E-state index contributed by atoms with van der Waals surface area (Å²) in [6.07, 6.45) is 0.397. The van der Waals surface area contributed by atoms with Gasteiger partial charge < -0.3 is 14.8 Å². The molecule has 0 aliphatic rings. The Morgan fingerprint density at radius 1 is 1.12 bits per heavy atom. The minimum atomic E-state index is -0.536. The highest BCUT2D eigenvalue weighted by atomic mass is 16.6. The molecule has 0 saturated carbocycles. The number of anilines is 1. The van der Waals surface area contributed by atoms with Gasteiger partial charge in [-0.2, -0.15) is 5.10 Å². The number of ether oxygens (including phenoxy) is 2. The number of methoxy groups -OCH3 is 2. The van der Waals surface area contributed by atoms with E-state index in [1.165, 1.54) is 23.9 Å². The van der Waals surface area contributed by atoms with Crippen molar-refractivity contribution in [2.45, 2.75) is 26.3 Å².